The standard InChI is InChI=1S/C33H36N2O6/c1-23(2)40-27-14-12-24(13-15-27)31(36)29-30(25-8-6-11-28(22-25)41-26-9-4-3-5-10-26)35(33(38)32(29)37)17-7-16-34-18-20-39-21-19-34/h3-6,8-15,22-23,30,36H,7,16-21H2,1-2H3/b31-29-. The van der Waals surface area contributed by atoms with Gasteiger partial charge < -0.3 is 24.2 Å². The number of hydrogen-bond acceptors (Lipinski definition) is 7. The van der Waals surface area contributed by atoms with E-state index in [2.05, 4.69) is 4.90 Å². The lowest BCUT2D eigenvalue weighted by Crippen LogP contribution is -2.38. The fourth-order valence-corrected chi connectivity index (χ4v) is 5.24. The predicted octanol–water partition coefficient (Wildman–Crippen LogP) is 5.41. The second-order valence-corrected chi connectivity index (χ2v) is 10.5. The van der Waals surface area contributed by atoms with Crippen molar-refractivity contribution in [2.75, 3.05) is 39.4 Å². The SMILES string of the molecule is CC(C)Oc1ccc(/C(O)=C2/C(=O)C(=O)N(CCCN3CCOCC3)C2c2cccc(Oc3ccccc3)c2)cc1. The van der Waals surface area contributed by atoms with Crippen LogP contribution < -0.4 is 9.47 Å². The third-order valence-electron chi connectivity index (χ3n) is 7.17. The van der Waals surface area contributed by atoms with E-state index in [1.807, 2.05) is 68.4 Å². The van der Waals surface area contributed by atoms with Crippen LogP contribution in [0.1, 0.15) is 37.4 Å². The summed E-state index contributed by atoms with van der Waals surface area (Å²) >= 11 is 0. The molecule has 0 aromatic heterocycles. The van der Waals surface area contributed by atoms with Gasteiger partial charge in [-0.2, -0.15) is 0 Å². The van der Waals surface area contributed by atoms with Crippen LogP contribution >= 0.6 is 0 Å². The minimum absolute atomic E-state index is 0.00242. The maximum absolute atomic E-state index is 13.5. The number of amides is 1. The van der Waals surface area contributed by atoms with Crippen LogP contribution in [0.25, 0.3) is 5.76 Å². The minimum atomic E-state index is -0.759. The van der Waals surface area contributed by atoms with Crippen LogP contribution in [0.2, 0.25) is 0 Å². The summed E-state index contributed by atoms with van der Waals surface area (Å²) < 4.78 is 17.2. The molecule has 0 spiro atoms. The number of carbonyl (C=O) groups is 2. The Labute approximate surface area is 240 Å². The van der Waals surface area contributed by atoms with Gasteiger partial charge in [0.25, 0.3) is 11.7 Å². The Kier molecular flexibility index (Phi) is 9.01. The molecule has 1 amide bonds. The zero-order chi connectivity index (χ0) is 28.8. The average Bonchev–Trinajstić information content (AvgIpc) is 3.23. The van der Waals surface area contributed by atoms with E-state index in [9.17, 15) is 14.7 Å². The summed E-state index contributed by atoms with van der Waals surface area (Å²) in [6.07, 6.45) is 0.688. The van der Waals surface area contributed by atoms with Gasteiger partial charge in [0.2, 0.25) is 0 Å². The first-order chi connectivity index (χ1) is 19.9. The Morgan fingerprint density at radius 2 is 1.61 bits per heavy atom. The predicted molar refractivity (Wildman–Crippen MR) is 156 cm³/mol. The number of likely N-dealkylation sites (tertiary alicyclic amines) is 1. The van der Waals surface area contributed by atoms with Crippen molar-refractivity contribution in [3.05, 3.63) is 95.6 Å². The number of benzene rings is 3. The van der Waals surface area contributed by atoms with Crippen molar-refractivity contribution >= 4 is 17.4 Å². The molecule has 5 rings (SSSR count). The van der Waals surface area contributed by atoms with Gasteiger partial charge in [-0.05, 0) is 74.4 Å². The number of ketones is 1. The van der Waals surface area contributed by atoms with Crippen LogP contribution in [0, 0.1) is 0 Å². The lowest BCUT2D eigenvalue weighted by atomic mass is 9.95. The fraction of sp³-hybridized carbons (Fsp3) is 0.333. The maximum atomic E-state index is 13.5. The van der Waals surface area contributed by atoms with E-state index < -0.39 is 17.7 Å². The molecule has 0 bridgehead atoms. The van der Waals surface area contributed by atoms with Gasteiger partial charge in [0.1, 0.15) is 23.0 Å². The number of aliphatic hydroxyl groups is 1. The summed E-state index contributed by atoms with van der Waals surface area (Å²) in [4.78, 5) is 30.8. The van der Waals surface area contributed by atoms with Crippen molar-refractivity contribution in [3.63, 3.8) is 0 Å². The highest BCUT2D eigenvalue weighted by molar-refractivity contribution is 6.46. The monoisotopic (exact) mass is 556 g/mol. The van der Waals surface area contributed by atoms with Gasteiger partial charge in [-0.1, -0.05) is 30.3 Å². The number of para-hydroxylation sites is 1. The molecule has 2 heterocycles. The summed E-state index contributed by atoms with van der Waals surface area (Å²) in [7, 11) is 0. The van der Waals surface area contributed by atoms with E-state index >= 15 is 0 Å². The number of rotatable bonds is 10. The third kappa shape index (κ3) is 6.78. The molecule has 2 saturated heterocycles. The second kappa shape index (κ2) is 13.0. The molecule has 0 saturated carbocycles. The van der Waals surface area contributed by atoms with Crippen LogP contribution in [0.3, 0.4) is 0 Å². The highest BCUT2D eigenvalue weighted by Crippen LogP contribution is 2.41. The van der Waals surface area contributed by atoms with Crippen LogP contribution in [0.5, 0.6) is 17.2 Å². The molecular formula is C33H36N2O6. The van der Waals surface area contributed by atoms with Crippen molar-refractivity contribution in [2.24, 2.45) is 0 Å². The molecule has 8 nitrogen and oxygen atoms in total. The molecule has 214 valence electrons. The van der Waals surface area contributed by atoms with E-state index in [4.69, 9.17) is 14.2 Å². The van der Waals surface area contributed by atoms with Gasteiger partial charge in [0.15, 0.2) is 0 Å². The minimum Gasteiger partial charge on any atom is -0.507 e. The first-order valence-electron chi connectivity index (χ1n) is 14.1. The first kappa shape index (κ1) is 28.4. The lowest BCUT2D eigenvalue weighted by molar-refractivity contribution is -0.140. The number of ether oxygens (including phenoxy) is 3. The molecule has 2 fully saturated rings. The van der Waals surface area contributed by atoms with Crippen molar-refractivity contribution in [1.29, 1.82) is 0 Å². The molecule has 8 heteroatoms. The van der Waals surface area contributed by atoms with Crippen molar-refractivity contribution < 1.29 is 28.9 Å². The first-order valence-corrected chi connectivity index (χ1v) is 14.1. The Morgan fingerprint density at radius 1 is 0.902 bits per heavy atom. The van der Waals surface area contributed by atoms with Gasteiger partial charge in [0, 0.05) is 31.7 Å². The average molecular weight is 557 g/mol. The highest BCUT2D eigenvalue weighted by Gasteiger charge is 2.46. The fourth-order valence-electron chi connectivity index (χ4n) is 5.24. The van der Waals surface area contributed by atoms with E-state index in [0.29, 0.717) is 54.6 Å². The molecule has 1 N–H and O–H groups in total. The largest absolute Gasteiger partial charge is 0.507 e. The summed E-state index contributed by atoms with van der Waals surface area (Å²) in [6.45, 7) is 8.10. The Balaban J connectivity index is 1.48. The van der Waals surface area contributed by atoms with Crippen LogP contribution in [-0.4, -0.2) is 72.1 Å². The molecule has 2 aliphatic heterocycles. The summed E-state index contributed by atoms with van der Waals surface area (Å²) in [5.41, 5.74) is 1.19. The van der Waals surface area contributed by atoms with E-state index in [0.717, 1.165) is 19.6 Å². The molecule has 0 aliphatic carbocycles. The quantitative estimate of drug-likeness (QED) is 0.203. The molecule has 2 aliphatic rings. The topological polar surface area (TPSA) is 88.5 Å². The van der Waals surface area contributed by atoms with Crippen LogP contribution in [-0.2, 0) is 14.3 Å². The zero-order valence-electron chi connectivity index (χ0n) is 23.5. The number of aliphatic hydroxyl groups excluding tert-OH is 1. The number of carbonyl (C=O) groups excluding carboxylic acids is 2. The van der Waals surface area contributed by atoms with Crippen molar-refractivity contribution in [2.45, 2.75) is 32.4 Å². The molecule has 3 aromatic carbocycles. The smallest absolute Gasteiger partial charge is 0.295 e. The van der Waals surface area contributed by atoms with Crippen LogP contribution in [0.15, 0.2) is 84.4 Å². The van der Waals surface area contributed by atoms with Gasteiger partial charge in [-0.15, -0.1) is 0 Å². The Morgan fingerprint density at radius 3 is 2.32 bits per heavy atom. The summed E-state index contributed by atoms with van der Waals surface area (Å²) in [5, 5.41) is 11.5. The number of Topliss-reactive ketones (excluding diaryl/α,β-unsaturated/α-hetero) is 1. The lowest BCUT2D eigenvalue weighted by Gasteiger charge is -2.29. The Hall–Kier alpha value is -4.14. The summed E-state index contributed by atoms with van der Waals surface area (Å²) in [5.74, 6) is 0.371. The van der Waals surface area contributed by atoms with Gasteiger partial charge in [-0.25, -0.2) is 0 Å². The number of hydrogen-bond donors (Lipinski definition) is 1. The van der Waals surface area contributed by atoms with Crippen molar-refractivity contribution in [1.82, 2.24) is 9.80 Å². The van der Waals surface area contributed by atoms with E-state index in [1.54, 1.807) is 29.2 Å². The number of nitrogens with zero attached hydrogens (tertiary/aromatic N) is 2. The second-order valence-electron chi connectivity index (χ2n) is 10.5. The number of morpholine rings is 1. The molecule has 0 radical (unpaired) electrons. The maximum Gasteiger partial charge on any atom is 0.295 e. The van der Waals surface area contributed by atoms with Crippen LogP contribution in [0.4, 0.5) is 0 Å². The van der Waals surface area contributed by atoms with Gasteiger partial charge in [0.05, 0.1) is 30.9 Å². The molecule has 3 aromatic rings. The normalized spacial score (nSPS) is 19.1. The molecular weight excluding hydrogens is 520 g/mol. The van der Waals surface area contributed by atoms with E-state index in [1.165, 1.54) is 0 Å². The molecule has 41 heavy (non-hydrogen) atoms. The zero-order valence-corrected chi connectivity index (χ0v) is 23.5. The summed E-state index contributed by atoms with van der Waals surface area (Å²) in [6, 6.07) is 22.9. The Bertz CT molecular complexity index is 1380. The van der Waals surface area contributed by atoms with Gasteiger partial charge >= 0.3 is 0 Å². The third-order valence-corrected chi connectivity index (χ3v) is 7.17. The van der Waals surface area contributed by atoms with Crippen molar-refractivity contribution in [3.8, 4) is 17.2 Å². The highest BCUT2D eigenvalue weighted by atomic mass is 16.5. The molecule has 1 unspecified atom stereocenters. The van der Waals surface area contributed by atoms with E-state index in [-0.39, 0.29) is 17.4 Å². The molecule has 1 atom stereocenters. The van der Waals surface area contributed by atoms with Gasteiger partial charge in [-0.3, -0.25) is 14.5 Å².